The highest BCUT2D eigenvalue weighted by Crippen LogP contribution is 2.20. The number of aromatic hydroxyl groups is 2. The van der Waals surface area contributed by atoms with Crippen molar-refractivity contribution < 1.29 is 49.6 Å². The molecule has 4 N–H and O–H groups in total. The van der Waals surface area contributed by atoms with Crippen molar-refractivity contribution in [2.75, 3.05) is 0 Å². The normalized spacial score (nSPS) is 10.7. The Morgan fingerprint density at radius 3 is 1.97 bits per heavy atom. The van der Waals surface area contributed by atoms with E-state index in [1.807, 2.05) is 0 Å². The molecule has 0 heterocycles. The van der Waals surface area contributed by atoms with Crippen molar-refractivity contribution in [2.45, 2.75) is 26.4 Å². The maximum atomic E-state index is 12.3. The molecule has 0 bridgehead atoms. The molecule has 3 rings (SSSR count). The van der Waals surface area contributed by atoms with Gasteiger partial charge in [0.1, 0.15) is 37.9 Å². The second-order valence-corrected chi connectivity index (χ2v) is 7.18. The van der Waals surface area contributed by atoms with E-state index in [0.717, 1.165) is 17.7 Å². The quantitative estimate of drug-likeness (QED) is 0.141. The maximum absolute atomic E-state index is 12.3. The first-order valence-corrected chi connectivity index (χ1v) is 10.00. The summed E-state index contributed by atoms with van der Waals surface area (Å²) in [6, 6.07) is 14.8. The first kappa shape index (κ1) is 24.7. The Morgan fingerprint density at radius 2 is 1.29 bits per heavy atom. The number of carbonyl (C=O) groups excluding carboxylic acids is 1. The van der Waals surface area contributed by atoms with Crippen molar-refractivity contribution in [2.24, 2.45) is 0 Å². The largest absolute Gasteiger partial charge is 0.508 e. The zero-order valence-corrected chi connectivity index (χ0v) is 17.8. The third-order valence-corrected chi connectivity index (χ3v) is 4.78. The molecule has 0 spiro atoms. The van der Waals surface area contributed by atoms with Crippen LogP contribution in [-0.2, 0) is 45.8 Å². The molecule has 0 saturated carbocycles. The minimum Gasteiger partial charge on any atom is -0.508 e. The first-order valence-electron chi connectivity index (χ1n) is 10.00. The molecule has 10 heteroatoms. The number of phenolic OH excluding ortho intramolecular Hbond substituents is 2. The molecular formula is C24H22O10. The van der Waals surface area contributed by atoms with Crippen LogP contribution >= 0.6 is 0 Å². The van der Waals surface area contributed by atoms with Crippen molar-refractivity contribution in [3.8, 4) is 11.5 Å². The second kappa shape index (κ2) is 11.8. The van der Waals surface area contributed by atoms with Crippen LogP contribution in [0.1, 0.15) is 43.0 Å². The Labute approximate surface area is 194 Å². The third-order valence-electron chi connectivity index (χ3n) is 4.78. The van der Waals surface area contributed by atoms with Crippen LogP contribution in [0.15, 0.2) is 60.7 Å². The van der Waals surface area contributed by atoms with Gasteiger partial charge in [-0.25, -0.2) is 24.3 Å². The first-order chi connectivity index (χ1) is 16.4. The van der Waals surface area contributed by atoms with Crippen molar-refractivity contribution in [3.05, 3.63) is 94.0 Å². The van der Waals surface area contributed by atoms with Gasteiger partial charge in [0.05, 0.1) is 11.1 Å². The summed E-state index contributed by atoms with van der Waals surface area (Å²) < 4.78 is 5.17. The average molecular weight is 470 g/mol. The van der Waals surface area contributed by atoms with E-state index in [9.17, 15) is 24.9 Å². The van der Waals surface area contributed by atoms with Crippen LogP contribution in [0.5, 0.6) is 11.5 Å². The number of carboxylic acid groups (broad SMARTS) is 1. The molecule has 0 aliphatic heterocycles. The van der Waals surface area contributed by atoms with Crippen LogP contribution in [-0.4, -0.2) is 32.5 Å². The zero-order valence-electron chi connectivity index (χ0n) is 17.8. The van der Waals surface area contributed by atoms with Gasteiger partial charge in [-0.1, -0.05) is 30.3 Å². The Kier molecular flexibility index (Phi) is 8.54. The van der Waals surface area contributed by atoms with Crippen LogP contribution in [0.4, 0.5) is 0 Å². The van der Waals surface area contributed by atoms with Gasteiger partial charge in [-0.05, 0) is 52.6 Å². The van der Waals surface area contributed by atoms with Crippen LogP contribution < -0.4 is 0 Å². The molecule has 0 radical (unpaired) electrons. The molecule has 3 aromatic carbocycles. The number of ether oxygens (including phenoxy) is 1. The number of phenols is 2. The number of carboxylic acids is 1. The molecule has 10 nitrogen and oxygen atoms in total. The predicted molar refractivity (Wildman–Crippen MR) is 116 cm³/mol. The van der Waals surface area contributed by atoms with Crippen LogP contribution in [0.25, 0.3) is 0 Å². The van der Waals surface area contributed by atoms with E-state index in [2.05, 4.69) is 4.89 Å². The fraction of sp³-hybridized carbons (Fsp3) is 0.167. The van der Waals surface area contributed by atoms with Gasteiger partial charge in [0.25, 0.3) is 0 Å². The molecule has 0 aliphatic rings. The number of hydrogen-bond acceptors (Lipinski definition) is 9. The molecule has 178 valence electrons. The summed E-state index contributed by atoms with van der Waals surface area (Å²) in [6.45, 7) is -0.0169. The van der Waals surface area contributed by atoms with Crippen molar-refractivity contribution >= 4 is 11.9 Å². The maximum Gasteiger partial charge on any atom is 0.339 e. The number of benzene rings is 3. The van der Waals surface area contributed by atoms with Gasteiger partial charge in [-0.15, -0.1) is 0 Å². The highest BCUT2D eigenvalue weighted by molar-refractivity contribution is 6.02. The summed E-state index contributed by atoms with van der Waals surface area (Å²) in [4.78, 5) is 38.0. The van der Waals surface area contributed by atoms with Gasteiger partial charge in [0, 0.05) is 0 Å². The molecular weight excluding hydrogens is 448 g/mol. The standard InChI is InChI=1S/C24H22O10/c25-19-6-5-17(13-32-30)18(9-19)14-34-33-12-16-3-1-15(2-4-16)11-31-24(29)22-10-20(26)7-8-21(22)23(27)28/h1-10,25-26,30H,11-14H2,(H,27,28). The third kappa shape index (κ3) is 6.77. The Balaban J connectivity index is 1.49. The number of esters is 1. The number of rotatable bonds is 11. The van der Waals surface area contributed by atoms with Gasteiger partial charge >= 0.3 is 11.9 Å². The van der Waals surface area contributed by atoms with E-state index >= 15 is 0 Å². The van der Waals surface area contributed by atoms with E-state index in [1.165, 1.54) is 18.2 Å². The Bertz CT molecular complexity index is 1140. The lowest BCUT2D eigenvalue weighted by atomic mass is 10.1. The van der Waals surface area contributed by atoms with Crippen molar-refractivity contribution in [1.29, 1.82) is 0 Å². The number of hydrogen-bond donors (Lipinski definition) is 4. The molecule has 0 saturated heterocycles. The summed E-state index contributed by atoms with van der Waals surface area (Å²) >= 11 is 0. The summed E-state index contributed by atoms with van der Waals surface area (Å²) in [6.07, 6.45) is 0. The van der Waals surface area contributed by atoms with Gasteiger partial charge in [0.2, 0.25) is 0 Å². The molecule has 0 aliphatic carbocycles. The summed E-state index contributed by atoms with van der Waals surface area (Å²) in [5.74, 6) is -2.38. The minimum absolute atomic E-state index is 0.0223. The molecule has 0 amide bonds. The molecule has 0 atom stereocenters. The summed E-state index contributed by atoms with van der Waals surface area (Å²) in [5, 5.41) is 36.9. The van der Waals surface area contributed by atoms with Gasteiger partial charge in [0.15, 0.2) is 0 Å². The molecule has 0 unspecified atom stereocenters. The summed E-state index contributed by atoms with van der Waals surface area (Å²) in [7, 11) is 0. The van der Waals surface area contributed by atoms with E-state index in [4.69, 9.17) is 19.8 Å². The average Bonchev–Trinajstić information content (AvgIpc) is 2.82. The zero-order chi connectivity index (χ0) is 24.5. The SMILES string of the molecule is O=C(O)c1ccc(O)cc1C(=O)OCc1ccc(COOCc2cc(O)ccc2COO)cc1. The topological polar surface area (TPSA) is 152 Å². The minimum atomic E-state index is -1.31. The lowest BCUT2D eigenvalue weighted by Crippen LogP contribution is -2.11. The van der Waals surface area contributed by atoms with E-state index in [1.54, 1.807) is 30.3 Å². The second-order valence-electron chi connectivity index (χ2n) is 7.18. The van der Waals surface area contributed by atoms with Crippen LogP contribution in [0.2, 0.25) is 0 Å². The monoisotopic (exact) mass is 470 g/mol. The Morgan fingerprint density at radius 1 is 0.676 bits per heavy atom. The smallest absolute Gasteiger partial charge is 0.339 e. The van der Waals surface area contributed by atoms with E-state index in [0.29, 0.717) is 16.7 Å². The van der Waals surface area contributed by atoms with Gasteiger partial charge < -0.3 is 20.1 Å². The van der Waals surface area contributed by atoms with Crippen LogP contribution in [0, 0.1) is 0 Å². The number of carbonyl (C=O) groups is 2. The molecule has 0 fully saturated rings. The Hall–Kier alpha value is -3.96. The lowest BCUT2D eigenvalue weighted by Gasteiger charge is -2.10. The fourth-order valence-electron chi connectivity index (χ4n) is 3.02. The highest BCUT2D eigenvalue weighted by atomic mass is 17.2. The van der Waals surface area contributed by atoms with Gasteiger partial charge in [-0.2, -0.15) is 0 Å². The van der Waals surface area contributed by atoms with Crippen LogP contribution in [0.3, 0.4) is 0 Å². The van der Waals surface area contributed by atoms with Crippen molar-refractivity contribution in [1.82, 2.24) is 0 Å². The highest BCUT2D eigenvalue weighted by Gasteiger charge is 2.18. The van der Waals surface area contributed by atoms with E-state index in [-0.39, 0.29) is 49.1 Å². The predicted octanol–water partition coefficient (Wildman–Crippen LogP) is 3.79. The van der Waals surface area contributed by atoms with E-state index < -0.39 is 11.9 Å². The molecule has 0 aromatic heterocycles. The fourth-order valence-corrected chi connectivity index (χ4v) is 3.02. The summed E-state index contributed by atoms with van der Waals surface area (Å²) in [5.41, 5.74) is 2.13. The number of aromatic carboxylic acids is 1. The molecule has 3 aromatic rings. The van der Waals surface area contributed by atoms with Gasteiger partial charge in [-0.3, -0.25) is 5.26 Å². The van der Waals surface area contributed by atoms with Crippen molar-refractivity contribution in [3.63, 3.8) is 0 Å². The molecule has 34 heavy (non-hydrogen) atoms. The lowest BCUT2D eigenvalue weighted by molar-refractivity contribution is -0.313.